The highest BCUT2D eigenvalue weighted by Crippen LogP contribution is 2.34. The van der Waals surface area contributed by atoms with Crippen molar-refractivity contribution in [2.75, 3.05) is 6.61 Å². The maximum atomic E-state index is 12.2. The Labute approximate surface area is 98.7 Å². The van der Waals surface area contributed by atoms with E-state index < -0.39 is 0 Å². The van der Waals surface area contributed by atoms with E-state index in [1.54, 1.807) is 0 Å². The summed E-state index contributed by atoms with van der Waals surface area (Å²) < 4.78 is 5.56. The molecule has 16 heavy (non-hydrogen) atoms. The van der Waals surface area contributed by atoms with E-state index in [9.17, 15) is 4.79 Å². The van der Waals surface area contributed by atoms with Crippen molar-refractivity contribution in [3.8, 4) is 0 Å². The molecule has 1 saturated carbocycles. The van der Waals surface area contributed by atoms with Crippen LogP contribution >= 0.6 is 0 Å². The van der Waals surface area contributed by atoms with E-state index in [1.807, 2.05) is 0 Å². The van der Waals surface area contributed by atoms with E-state index in [0.717, 1.165) is 25.9 Å². The molecule has 1 heterocycles. The third kappa shape index (κ3) is 2.85. The zero-order valence-electron chi connectivity index (χ0n) is 10.4. The minimum atomic E-state index is 0.243. The highest BCUT2D eigenvalue weighted by atomic mass is 16.5. The van der Waals surface area contributed by atoms with Gasteiger partial charge in [-0.15, -0.1) is 0 Å². The van der Waals surface area contributed by atoms with Crippen LogP contribution < -0.4 is 0 Å². The van der Waals surface area contributed by atoms with E-state index in [2.05, 4.69) is 6.92 Å². The zero-order valence-corrected chi connectivity index (χ0v) is 10.4. The average molecular weight is 224 g/mol. The van der Waals surface area contributed by atoms with Crippen molar-refractivity contribution in [3.63, 3.8) is 0 Å². The number of carbonyl (C=O) groups excluding carboxylic acids is 1. The van der Waals surface area contributed by atoms with Crippen molar-refractivity contribution < 1.29 is 9.53 Å². The normalized spacial score (nSPS) is 35.2. The van der Waals surface area contributed by atoms with Crippen LogP contribution in [-0.4, -0.2) is 18.5 Å². The van der Waals surface area contributed by atoms with Gasteiger partial charge in [0.2, 0.25) is 0 Å². The summed E-state index contributed by atoms with van der Waals surface area (Å²) in [5.41, 5.74) is 0. The lowest BCUT2D eigenvalue weighted by Gasteiger charge is -2.30. The minimum Gasteiger partial charge on any atom is -0.378 e. The van der Waals surface area contributed by atoms with Crippen LogP contribution in [0.3, 0.4) is 0 Å². The molecule has 0 N–H and O–H groups in total. The summed E-state index contributed by atoms with van der Waals surface area (Å²) in [7, 11) is 0. The number of ketones is 1. The van der Waals surface area contributed by atoms with Crippen molar-refractivity contribution in [3.05, 3.63) is 0 Å². The molecule has 2 rings (SSSR count). The van der Waals surface area contributed by atoms with Crippen LogP contribution in [-0.2, 0) is 9.53 Å². The number of hydrogen-bond acceptors (Lipinski definition) is 2. The Kier molecular flexibility index (Phi) is 4.39. The van der Waals surface area contributed by atoms with Crippen LogP contribution in [0.1, 0.15) is 58.3 Å². The van der Waals surface area contributed by atoms with E-state index >= 15 is 0 Å². The molecule has 0 aromatic carbocycles. The predicted molar refractivity (Wildman–Crippen MR) is 64.3 cm³/mol. The third-order valence-electron chi connectivity index (χ3n) is 4.30. The quantitative estimate of drug-likeness (QED) is 0.732. The van der Waals surface area contributed by atoms with Crippen molar-refractivity contribution in [2.45, 2.75) is 64.4 Å². The van der Waals surface area contributed by atoms with Gasteiger partial charge in [0.05, 0.1) is 6.10 Å². The molecule has 0 aromatic rings. The highest BCUT2D eigenvalue weighted by Gasteiger charge is 2.31. The molecule has 0 radical (unpaired) electrons. The van der Waals surface area contributed by atoms with E-state index in [1.165, 1.54) is 25.7 Å². The van der Waals surface area contributed by atoms with Gasteiger partial charge in [-0.2, -0.15) is 0 Å². The standard InChI is InChI=1S/C14H24O2/c1-2-11-6-3-4-8-13(11)14(15)10-12-7-5-9-16-12/h11-13H,2-10H2,1H3. The maximum Gasteiger partial charge on any atom is 0.138 e. The van der Waals surface area contributed by atoms with Gasteiger partial charge in [-0.3, -0.25) is 4.79 Å². The van der Waals surface area contributed by atoms with Gasteiger partial charge < -0.3 is 4.74 Å². The van der Waals surface area contributed by atoms with Crippen LogP contribution in [0.15, 0.2) is 0 Å². The largest absolute Gasteiger partial charge is 0.378 e. The average Bonchev–Trinajstić information content (AvgIpc) is 2.81. The number of carbonyl (C=O) groups is 1. The molecule has 2 aliphatic rings. The van der Waals surface area contributed by atoms with Crippen LogP contribution in [0, 0.1) is 11.8 Å². The summed E-state index contributed by atoms with van der Waals surface area (Å²) in [5, 5.41) is 0. The molecule has 0 amide bonds. The molecule has 92 valence electrons. The topological polar surface area (TPSA) is 26.3 Å². The highest BCUT2D eigenvalue weighted by molar-refractivity contribution is 5.81. The van der Waals surface area contributed by atoms with Crippen molar-refractivity contribution in [2.24, 2.45) is 11.8 Å². The van der Waals surface area contributed by atoms with Gasteiger partial charge in [-0.1, -0.05) is 26.2 Å². The fourth-order valence-corrected chi connectivity index (χ4v) is 3.30. The van der Waals surface area contributed by atoms with Gasteiger partial charge in [0.1, 0.15) is 5.78 Å². The summed E-state index contributed by atoms with van der Waals surface area (Å²) in [6, 6.07) is 0. The molecule has 3 atom stereocenters. The van der Waals surface area contributed by atoms with Crippen molar-refractivity contribution in [1.82, 2.24) is 0 Å². The summed E-state index contributed by atoms with van der Waals surface area (Å²) in [5.74, 6) is 1.49. The smallest absolute Gasteiger partial charge is 0.138 e. The van der Waals surface area contributed by atoms with Gasteiger partial charge in [0.25, 0.3) is 0 Å². The Balaban J connectivity index is 1.86. The van der Waals surface area contributed by atoms with Gasteiger partial charge in [0.15, 0.2) is 0 Å². The molecular weight excluding hydrogens is 200 g/mol. The Bertz CT molecular complexity index is 231. The summed E-state index contributed by atoms with van der Waals surface area (Å²) in [6.07, 6.45) is 9.29. The number of Topliss-reactive ketones (excluding diaryl/α,β-unsaturated/α-hetero) is 1. The van der Waals surface area contributed by atoms with Gasteiger partial charge in [-0.25, -0.2) is 0 Å². The van der Waals surface area contributed by atoms with Crippen LogP contribution in [0.25, 0.3) is 0 Å². The first-order valence-electron chi connectivity index (χ1n) is 6.95. The first kappa shape index (κ1) is 12.1. The third-order valence-corrected chi connectivity index (χ3v) is 4.30. The molecule has 1 aliphatic heterocycles. The second kappa shape index (κ2) is 5.81. The Hall–Kier alpha value is -0.370. The predicted octanol–water partition coefficient (Wildman–Crippen LogP) is 3.34. The second-order valence-corrected chi connectivity index (χ2v) is 5.36. The summed E-state index contributed by atoms with van der Waals surface area (Å²) in [6.45, 7) is 3.09. The fourth-order valence-electron chi connectivity index (χ4n) is 3.30. The van der Waals surface area contributed by atoms with Crippen molar-refractivity contribution >= 4 is 5.78 Å². The van der Waals surface area contributed by atoms with Gasteiger partial charge >= 0.3 is 0 Å². The lowest BCUT2D eigenvalue weighted by atomic mass is 9.74. The number of hydrogen-bond donors (Lipinski definition) is 0. The molecule has 1 aliphatic carbocycles. The monoisotopic (exact) mass is 224 g/mol. The maximum absolute atomic E-state index is 12.2. The molecule has 3 unspecified atom stereocenters. The van der Waals surface area contributed by atoms with Crippen LogP contribution in [0.2, 0.25) is 0 Å². The van der Waals surface area contributed by atoms with E-state index in [4.69, 9.17) is 4.74 Å². The van der Waals surface area contributed by atoms with Crippen LogP contribution in [0.4, 0.5) is 0 Å². The molecule has 2 nitrogen and oxygen atoms in total. The van der Waals surface area contributed by atoms with Gasteiger partial charge in [-0.05, 0) is 31.6 Å². The second-order valence-electron chi connectivity index (χ2n) is 5.36. The van der Waals surface area contributed by atoms with Crippen molar-refractivity contribution in [1.29, 1.82) is 0 Å². The molecular formula is C14H24O2. The molecule has 1 saturated heterocycles. The molecule has 2 heteroatoms. The molecule has 0 aromatic heterocycles. The lowest BCUT2D eigenvalue weighted by molar-refractivity contribution is -0.127. The lowest BCUT2D eigenvalue weighted by Crippen LogP contribution is -2.29. The van der Waals surface area contributed by atoms with E-state index in [-0.39, 0.29) is 6.10 Å². The number of rotatable bonds is 4. The van der Waals surface area contributed by atoms with Gasteiger partial charge in [0, 0.05) is 18.9 Å². The first-order valence-corrected chi connectivity index (χ1v) is 6.95. The first-order chi connectivity index (χ1) is 7.81. The molecule has 0 spiro atoms. The summed E-state index contributed by atoms with van der Waals surface area (Å²) >= 11 is 0. The van der Waals surface area contributed by atoms with Crippen LogP contribution in [0.5, 0.6) is 0 Å². The SMILES string of the molecule is CCC1CCCCC1C(=O)CC1CCCO1. The molecule has 2 fully saturated rings. The Morgan fingerprint density at radius 3 is 2.69 bits per heavy atom. The number of ether oxygens (including phenoxy) is 1. The minimum absolute atomic E-state index is 0.243. The van der Waals surface area contributed by atoms with E-state index in [0.29, 0.717) is 24.0 Å². The summed E-state index contributed by atoms with van der Waals surface area (Å²) in [4.78, 5) is 12.2. The Morgan fingerprint density at radius 2 is 2.00 bits per heavy atom. The Morgan fingerprint density at radius 1 is 1.19 bits per heavy atom. The zero-order chi connectivity index (χ0) is 11.4. The molecule has 0 bridgehead atoms. The fraction of sp³-hybridized carbons (Fsp3) is 0.929.